The lowest BCUT2D eigenvalue weighted by Crippen LogP contribution is -2.11. The Morgan fingerprint density at radius 3 is 3.00 bits per heavy atom. The van der Waals surface area contributed by atoms with E-state index in [4.69, 9.17) is 4.42 Å². The summed E-state index contributed by atoms with van der Waals surface area (Å²) in [4.78, 5) is 16.8. The largest absolute Gasteiger partial charge is 0.441 e. The van der Waals surface area contributed by atoms with Gasteiger partial charge in [0.1, 0.15) is 5.52 Å². The highest BCUT2D eigenvalue weighted by atomic mass is 32.1. The minimum absolute atomic E-state index is 0.114. The molecule has 0 saturated heterocycles. The molecule has 0 aliphatic heterocycles. The lowest BCUT2D eigenvalue weighted by molar-refractivity contribution is 0.102. The van der Waals surface area contributed by atoms with Crippen LogP contribution in [0.1, 0.15) is 16.2 Å². The number of carbonyl (C=O) groups excluding carboxylic acids is 1. The highest BCUT2D eigenvalue weighted by molar-refractivity contribution is 7.17. The third-order valence-electron chi connectivity index (χ3n) is 3.48. The molecule has 2 aromatic heterocycles. The van der Waals surface area contributed by atoms with Crippen molar-refractivity contribution in [3.05, 3.63) is 59.3 Å². The maximum Gasteiger partial charge on any atom is 0.257 e. The molecule has 2 heterocycles. The first-order valence-corrected chi connectivity index (χ1v) is 7.73. The molecule has 1 N–H and O–H groups in total. The van der Waals surface area contributed by atoms with E-state index in [1.54, 1.807) is 18.3 Å². The van der Waals surface area contributed by atoms with Gasteiger partial charge in [0.2, 0.25) is 0 Å². The van der Waals surface area contributed by atoms with E-state index in [0.29, 0.717) is 17.1 Å². The van der Waals surface area contributed by atoms with Crippen LogP contribution in [-0.4, -0.2) is 10.9 Å². The van der Waals surface area contributed by atoms with Gasteiger partial charge in [0.25, 0.3) is 5.91 Å². The number of hydrogen-bond donors (Lipinski definition) is 1. The topological polar surface area (TPSA) is 55.1 Å². The van der Waals surface area contributed by atoms with Crippen LogP contribution in [0.4, 0.5) is 5.69 Å². The van der Waals surface area contributed by atoms with Gasteiger partial charge in [-0.3, -0.25) is 4.79 Å². The number of rotatable bonds is 2. The van der Waals surface area contributed by atoms with E-state index >= 15 is 0 Å². The number of anilines is 1. The predicted molar refractivity (Wildman–Crippen MR) is 88.5 cm³/mol. The number of nitrogens with zero attached hydrogens (tertiary/aromatic N) is 1. The van der Waals surface area contributed by atoms with Gasteiger partial charge in [-0.1, -0.05) is 18.2 Å². The second-order valence-corrected chi connectivity index (χ2v) is 5.93. The summed E-state index contributed by atoms with van der Waals surface area (Å²) in [5.41, 5.74) is 2.86. The molecule has 0 fully saturated rings. The summed E-state index contributed by atoms with van der Waals surface area (Å²) in [6, 6.07) is 13.3. The van der Waals surface area contributed by atoms with Crippen molar-refractivity contribution in [1.29, 1.82) is 0 Å². The van der Waals surface area contributed by atoms with Crippen molar-refractivity contribution >= 4 is 44.1 Å². The zero-order chi connectivity index (χ0) is 15.1. The number of aryl methyl sites for hydroxylation is 1. The van der Waals surface area contributed by atoms with Crippen LogP contribution < -0.4 is 5.32 Å². The zero-order valence-corrected chi connectivity index (χ0v) is 12.6. The number of nitrogens with one attached hydrogen (secondary N) is 1. The number of fused-ring (bicyclic) bond motifs is 2. The van der Waals surface area contributed by atoms with Crippen LogP contribution in [0, 0.1) is 6.92 Å². The number of benzene rings is 2. The zero-order valence-electron chi connectivity index (χ0n) is 11.8. The average molecular weight is 308 g/mol. The Balaban J connectivity index is 1.67. The number of thiophene rings is 1. The van der Waals surface area contributed by atoms with Gasteiger partial charge >= 0.3 is 0 Å². The quantitative estimate of drug-likeness (QED) is 0.588. The van der Waals surface area contributed by atoms with Crippen molar-refractivity contribution in [1.82, 2.24) is 4.98 Å². The number of hydrogen-bond acceptors (Lipinski definition) is 4. The molecule has 22 heavy (non-hydrogen) atoms. The van der Waals surface area contributed by atoms with Gasteiger partial charge in [0.05, 0.1) is 5.56 Å². The predicted octanol–water partition coefficient (Wildman–Crippen LogP) is 4.60. The van der Waals surface area contributed by atoms with Crippen LogP contribution in [0.3, 0.4) is 0 Å². The first-order valence-electron chi connectivity index (χ1n) is 6.85. The third-order valence-corrected chi connectivity index (χ3v) is 4.44. The Morgan fingerprint density at radius 1 is 1.23 bits per heavy atom. The summed E-state index contributed by atoms with van der Waals surface area (Å²) < 4.78 is 6.54. The summed E-state index contributed by atoms with van der Waals surface area (Å²) in [5, 5.41) is 5.79. The molecule has 0 saturated carbocycles. The molecule has 0 aliphatic rings. The number of oxazole rings is 1. The minimum atomic E-state index is -0.114. The van der Waals surface area contributed by atoms with Gasteiger partial charge in [-0.05, 0) is 24.3 Å². The fourth-order valence-electron chi connectivity index (χ4n) is 2.47. The Bertz CT molecular complexity index is 1000. The Kier molecular flexibility index (Phi) is 2.94. The van der Waals surface area contributed by atoms with E-state index in [1.807, 2.05) is 47.8 Å². The van der Waals surface area contributed by atoms with Crippen LogP contribution in [-0.2, 0) is 0 Å². The molecular formula is C17H12N2O2S. The normalized spacial score (nSPS) is 11.1. The second-order valence-electron chi connectivity index (χ2n) is 5.02. The maximum absolute atomic E-state index is 12.5. The van der Waals surface area contributed by atoms with Crippen LogP contribution >= 0.6 is 11.3 Å². The summed E-state index contributed by atoms with van der Waals surface area (Å²) in [5.74, 6) is 0.499. The van der Waals surface area contributed by atoms with Crippen LogP contribution in [0.5, 0.6) is 0 Å². The number of carbonyl (C=O) groups is 1. The molecule has 0 unspecified atom stereocenters. The van der Waals surface area contributed by atoms with Gasteiger partial charge < -0.3 is 9.73 Å². The van der Waals surface area contributed by atoms with Gasteiger partial charge in [-0.2, -0.15) is 0 Å². The molecule has 0 bridgehead atoms. The molecule has 4 rings (SSSR count). The molecular weight excluding hydrogens is 296 g/mol. The molecule has 1 amide bonds. The van der Waals surface area contributed by atoms with Crippen molar-refractivity contribution in [2.75, 3.05) is 5.32 Å². The van der Waals surface area contributed by atoms with Crippen LogP contribution in [0.2, 0.25) is 0 Å². The van der Waals surface area contributed by atoms with E-state index in [-0.39, 0.29) is 5.91 Å². The fraction of sp³-hybridized carbons (Fsp3) is 0.0588. The first-order chi connectivity index (χ1) is 10.7. The van der Waals surface area contributed by atoms with E-state index in [1.165, 1.54) is 0 Å². The van der Waals surface area contributed by atoms with Gasteiger partial charge in [-0.15, -0.1) is 11.3 Å². The summed E-state index contributed by atoms with van der Waals surface area (Å²) in [6.45, 7) is 1.80. The van der Waals surface area contributed by atoms with Crippen molar-refractivity contribution in [2.24, 2.45) is 0 Å². The number of amides is 1. The molecule has 0 aliphatic carbocycles. The number of aromatic nitrogens is 1. The van der Waals surface area contributed by atoms with Gasteiger partial charge in [-0.25, -0.2) is 4.98 Å². The lowest BCUT2D eigenvalue weighted by atomic mass is 10.1. The SMILES string of the molecule is Cc1nc2cc(NC(=O)c3csc4ccccc34)ccc2o1. The van der Waals surface area contributed by atoms with Crippen LogP contribution in [0.25, 0.3) is 21.2 Å². The molecule has 4 nitrogen and oxygen atoms in total. The molecule has 4 aromatic rings. The third kappa shape index (κ3) is 2.16. The molecule has 108 valence electrons. The van der Waals surface area contributed by atoms with E-state index in [0.717, 1.165) is 21.2 Å². The van der Waals surface area contributed by atoms with Crippen molar-refractivity contribution in [3.63, 3.8) is 0 Å². The van der Waals surface area contributed by atoms with Crippen molar-refractivity contribution in [2.45, 2.75) is 6.92 Å². The Labute approximate surface area is 130 Å². The first kappa shape index (κ1) is 13.0. The molecule has 5 heteroatoms. The molecule has 0 atom stereocenters. The highest BCUT2D eigenvalue weighted by Gasteiger charge is 2.13. The highest BCUT2D eigenvalue weighted by Crippen LogP contribution is 2.27. The lowest BCUT2D eigenvalue weighted by Gasteiger charge is -2.04. The molecule has 0 radical (unpaired) electrons. The van der Waals surface area contributed by atoms with E-state index in [2.05, 4.69) is 10.3 Å². The standard InChI is InChI=1S/C17H12N2O2S/c1-10-18-14-8-11(6-7-15(14)21-10)19-17(20)13-9-22-16-5-3-2-4-12(13)16/h2-9H,1H3,(H,19,20). The van der Waals surface area contributed by atoms with E-state index < -0.39 is 0 Å². The Hall–Kier alpha value is -2.66. The summed E-state index contributed by atoms with van der Waals surface area (Å²) in [6.07, 6.45) is 0. The van der Waals surface area contributed by atoms with Gasteiger partial charge in [0.15, 0.2) is 11.5 Å². The molecule has 0 spiro atoms. The maximum atomic E-state index is 12.5. The monoisotopic (exact) mass is 308 g/mol. The molecule has 2 aromatic carbocycles. The van der Waals surface area contributed by atoms with E-state index in [9.17, 15) is 4.79 Å². The summed E-state index contributed by atoms with van der Waals surface area (Å²) >= 11 is 1.57. The average Bonchev–Trinajstić information content (AvgIpc) is 3.09. The van der Waals surface area contributed by atoms with Crippen LogP contribution in [0.15, 0.2) is 52.3 Å². The van der Waals surface area contributed by atoms with Crippen molar-refractivity contribution < 1.29 is 9.21 Å². The Morgan fingerprint density at radius 2 is 2.09 bits per heavy atom. The van der Waals surface area contributed by atoms with Gasteiger partial charge in [0, 0.05) is 28.1 Å². The second kappa shape index (κ2) is 4.96. The summed E-state index contributed by atoms with van der Waals surface area (Å²) in [7, 11) is 0. The minimum Gasteiger partial charge on any atom is -0.441 e. The smallest absolute Gasteiger partial charge is 0.257 e. The van der Waals surface area contributed by atoms with Crippen molar-refractivity contribution in [3.8, 4) is 0 Å². The fourth-order valence-corrected chi connectivity index (χ4v) is 3.41.